The molecule has 0 N–H and O–H groups in total. The van der Waals surface area contributed by atoms with E-state index >= 15 is 0 Å². The molecule has 136 valence electrons. The van der Waals surface area contributed by atoms with Crippen molar-refractivity contribution in [1.29, 1.82) is 0 Å². The zero-order chi connectivity index (χ0) is 18.6. The number of thioether (sulfide) groups is 1. The molecule has 4 aromatic rings. The lowest BCUT2D eigenvalue weighted by atomic mass is 10.1. The monoisotopic (exact) mass is 412 g/mol. The topological polar surface area (TPSA) is 34.9 Å². The van der Waals surface area contributed by atoms with E-state index in [9.17, 15) is 4.79 Å². The van der Waals surface area contributed by atoms with Gasteiger partial charge >= 0.3 is 0 Å². The highest BCUT2D eigenvalue weighted by atomic mass is 35.5. The van der Waals surface area contributed by atoms with E-state index in [2.05, 4.69) is 12.1 Å². The number of thiophene rings is 1. The standard InChI is InChI=1S/C21H17ClN2OS2/c22-17-8-6-16(7-9-17)14-27-21-23-18-11-13-26-19(18)20(25)24(21)12-10-15-4-2-1-3-5-15/h1-9,11,13H,10,12,14H2. The molecule has 0 atom stereocenters. The van der Waals surface area contributed by atoms with Gasteiger partial charge < -0.3 is 0 Å². The Bertz CT molecular complexity index is 1100. The van der Waals surface area contributed by atoms with Gasteiger partial charge in [0.05, 0.1) is 5.52 Å². The third-order valence-corrected chi connectivity index (χ3v) is 6.47. The second kappa shape index (κ2) is 8.30. The molecule has 6 heteroatoms. The van der Waals surface area contributed by atoms with E-state index in [0.29, 0.717) is 6.54 Å². The van der Waals surface area contributed by atoms with Crippen LogP contribution in [0, 0.1) is 0 Å². The van der Waals surface area contributed by atoms with Gasteiger partial charge in [-0.3, -0.25) is 9.36 Å². The molecule has 0 aliphatic carbocycles. The maximum Gasteiger partial charge on any atom is 0.272 e. The van der Waals surface area contributed by atoms with E-state index in [1.165, 1.54) is 16.9 Å². The molecule has 3 nitrogen and oxygen atoms in total. The van der Waals surface area contributed by atoms with Crippen molar-refractivity contribution in [3.8, 4) is 0 Å². The highest BCUT2D eigenvalue weighted by molar-refractivity contribution is 7.98. The highest BCUT2D eigenvalue weighted by Gasteiger charge is 2.13. The van der Waals surface area contributed by atoms with E-state index in [-0.39, 0.29) is 5.56 Å². The second-order valence-electron chi connectivity index (χ2n) is 6.14. The predicted molar refractivity (Wildman–Crippen MR) is 115 cm³/mol. The Labute approximate surface area is 170 Å². The van der Waals surface area contributed by atoms with E-state index in [4.69, 9.17) is 16.6 Å². The lowest BCUT2D eigenvalue weighted by Crippen LogP contribution is -2.23. The molecule has 4 rings (SSSR count). The van der Waals surface area contributed by atoms with Crippen LogP contribution >= 0.6 is 34.7 Å². The molecule has 0 bridgehead atoms. The van der Waals surface area contributed by atoms with Gasteiger partial charge in [-0.25, -0.2) is 4.98 Å². The summed E-state index contributed by atoms with van der Waals surface area (Å²) in [7, 11) is 0. The molecular weight excluding hydrogens is 396 g/mol. The predicted octanol–water partition coefficient (Wildman–Crippen LogP) is 5.65. The molecular formula is C21H17ClN2OS2. The molecule has 2 aromatic carbocycles. The molecule has 0 aliphatic rings. The number of halogens is 1. The Morgan fingerprint density at radius 2 is 1.78 bits per heavy atom. The fourth-order valence-corrected chi connectivity index (χ4v) is 4.73. The number of aromatic nitrogens is 2. The van der Waals surface area contributed by atoms with Crippen molar-refractivity contribution in [3.63, 3.8) is 0 Å². The van der Waals surface area contributed by atoms with Crippen LogP contribution < -0.4 is 5.56 Å². The summed E-state index contributed by atoms with van der Waals surface area (Å²) < 4.78 is 2.53. The van der Waals surface area contributed by atoms with Crippen LogP contribution in [0.4, 0.5) is 0 Å². The number of benzene rings is 2. The minimum absolute atomic E-state index is 0.0459. The summed E-state index contributed by atoms with van der Waals surface area (Å²) in [6, 6.07) is 19.9. The van der Waals surface area contributed by atoms with Crippen LogP contribution in [-0.4, -0.2) is 9.55 Å². The number of hydrogen-bond acceptors (Lipinski definition) is 4. The van der Waals surface area contributed by atoms with Gasteiger partial charge in [0.1, 0.15) is 4.70 Å². The fraction of sp³-hybridized carbons (Fsp3) is 0.143. The Kier molecular flexibility index (Phi) is 5.62. The Hall–Kier alpha value is -2.08. The summed E-state index contributed by atoms with van der Waals surface area (Å²) in [6.07, 6.45) is 0.799. The van der Waals surface area contributed by atoms with E-state index in [0.717, 1.165) is 38.1 Å². The molecule has 2 heterocycles. The lowest BCUT2D eigenvalue weighted by molar-refractivity contribution is 0.596. The first-order valence-electron chi connectivity index (χ1n) is 8.60. The van der Waals surface area contributed by atoms with Crippen molar-refractivity contribution >= 4 is 44.9 Å². The van der Waals surface area contributed by atoms with Gasteiger partial charge in [0.2, 0.25) is 0 Å². The Morgan fingerprint density at radius 1 is 1.00 bits per heavy atom. The average molecular weight is 413 g/mol. The maximum absolute atomic E-state index is 13.0. The Balaban J connectivity index is 1.63. The third-order valence-electron chi connectivity index (χ3n) is 4.28. The summed E-state index contributed by atoms with van der Waals surface area (Å²) in [5, 5.41) is 3.41. The molecule has 0 spiro atoms. The van der Waals surface area contributed by atoms with Crippen molar-refractivity contribution in [2.24, 2.45) is 0 Å². The average Bonchev–Trinajstić information content (AvgIpc) is 3.17. The summed E-state index contributed by atoms with van der Waals surface area (Å²) >= 11 is 9.01. The van der Waals surface area contributed by atoms with Crippen LogP contribution in [0.1, 0.15) is 11.1 Å². The zero-order valence-electron chi connectivity index (χ0n) is 14.5. The van der Waals surface area contributed by atoms with Crippen molar-refractivity contribution in [2.75, 3.05) is 0 Å². The number of rotatable bonds is 6. The maximum atomic E-state index is 13.0. The molecule has 0 saturated heterocycles. The highest BCUT2D eigenvalue weighted by Crippen LogP contribution is 2.25. The van der Waals surface area contributed by atoms with Crippen LogP contribution in [0.25, 0.3) is 10.2 Å². The van der Waals surface area contributed by atoms with Gasteiger partial charge in [-0.15, -0.1) is 11.3 Å². The lowest BCUT2D eigenvalue weighted by Gasteiger charge is -2.12. The normalized spacial score (nSPS) is 11.1. The minimum atomic E-state index is 0.0459. The van der Waals surface area contributed by atoms with Crippen molar-refractivity contribution in [3.05, 3.63) is 92.5 Å². The smallest absolute Gasteiger partial charge is 0.272 e. The number of hydrogen-bond donors (Lipinski definition) is 0. The van der Waals surface area contributed by atoms with Crippen LogP contribution in [0.3, 0.4) is 0 Å². The number of aryl methyl sites for hydroxylation is 1. The molecule has 0 fully saturated rings. The van der Waals surface area contributed by atoms with Gasteiger partial charge in [-0.1, -0.05) is 65.8 Å². The SMILES string of the molecule is O=c1c2sccc2nc(SCc2ccc(Cl)cc2)n1CCc1ccccc1. The number of fused-ring (bicyclic) bond motifs is 1. The zero-order valence-corrected chi connectivity index (χ0v) is 16.9. The van der Waals surface area contributed by atoms with Crippen molar-refractivity contribution in [1.82, 2.24) is 9.55 Å². The van der Waals surface area contributed by atoms with E-state index in [1.54, 1.807) is 11.8 Å². The van der Waals surface area contributed by atoms with E-state index < -0.39 is 0 Å². The molecule has 27 heavy (non-hydrogen) atoms. The second-order valence-corrected chi connectivity index (χ2v) is 8.43. The van der Waals surface area contributed by atoms with Gasteiger partial charge in [-0.2, -0.15) is 0 Å². The van der Waals surface area contributed by atoms with Crippen LogP contribution in [0.2, 0.25) is 5.02 Å². The first kappa shape index (κ1) is 18.3. The van der Waals surface area contributed by atoms with Crippen molar-refractivity contribution < 1.29 is 0 Å². The largest absolute Gasteiger partial charge is 0.286 e. The Morgan fingerprint density at radius 3 is 2.56 bits per heavy atom. The van der Waals surface area contributed by atoms with Crippen LogP contribution in [0.15, 0.2) is 76.0 Å². The molecule has 0 aliphatic heterocycles. The fourth-order valence-electron chi connectivity index (χ4n) is 2.84. The van der Waals surface area contributed by atoms with Crippen molar-refractivity contribution in [2.45, 2.75) is 23.9 Å². The first-order valence-corrected chi connectivity index (χ1v) is 10.8. The van der Waals surface area contributed by atoms with Gasteiger partial charge in [0, 0.05) is 17.3 Å². The summed E-state index contributed by atoms with van der Waals surface area (Å²) in [4.78, 5) is 17.7. The number of nitrogens with zero attached hydrogens (tertiary/aromatic N) is 2. The minimum Gasteiger partial charge on any atom is -0.286 e. The quantitative estimate of drug-likeness (QED) is 0.303. The van der Waals surface area contributed by atoms with Gasteiger partial charge in [0.25, 0.3) is 5.56 Å². The van der Waals surface area contributed by atoms with Gasteiger partial charge in [0.15, 0.2) is 5.16 Å². The summed E-state index contributed by atoms with van der Waals surface area (Å²) in [6.45, 7) is 0.618. The summed E-state index contributed by atoms with van der Waals surface area (Å²) in [5.41, 5.74) is 3.19. The molecule has 0 saturated carbocycles. The van der Waals surface area contributed by atoms with E-state index in [1.807, 2.05) is 58.5 Å². The molecule has 2 aromatic heterocycles. The third kappa shape index (κ3) is 4.26. The van der Waals surface area contributed by atoms with Crippen LogP contribution in [0.5, 0.6) is 0 Å². The van der Waals surface area contributed by atoms with Crippen LogP contribution in [-0.2, 0) is 18.7 Å². The summed E-state index contributed by atoms with van der Waals surface area (Å²) in [5.74, 6) is 0.741. The van der Waals surface area contributed by atoms with Gasteiger partial charge in [-0.05, 0) is 41.1 Å². The molecule has 0 amide bonds. The molecule has 0 radical (unpaired) electrons. The first-order chi connectivity index (χ1) is 13.2. The molecule has 0 unspecified atom stereocenters.